The first-order valence-electron chi connectivity index (χ1n) is 6.55. The first-order chi connectivity index (χ1) is 9.79. The maximum atomic E-state index is 12.4. The number of nitriles is 1. The van der Waals surface area contributed by atoms with Crippen LogP contribution in [0.15, 0.2) is 35.4 Å². The van der Waals surface area contributed by atoms with E-state index in [2.05, 4.69) is 10.3 Å². The average molecular weight is 266 g/mol. The van der Waals surface area contributed by atoms with Crippen LogP contribution in [-0.4, -0.2) is 16.1 Å². The molecule has 0 aliphatic carbocycles. The highest BCUT2D eigenvalue weighted by molar-refractivity contribution is 5.36. The van der Waals surface area contributed by atoms with E-state index in [1.54, 1.807) is 23.0 Å². The predicted molar refractivity (Wildman–Crippen MR) is 74.2 cm³/mol. The average Bonchev–Trinajstić information content (AvgIpc) is 2.51. The molecule has 0 atom stereocenters. The van der Waals surface area contributed by atoms with Gasteiger partial charge in [0.1, 0.15) is 11.6 Å². The monoisotopic (exact) mass is 266 g/mol. The number of rotatable bonds is 2. The zero-order valence-corrected chi connectivity index (χ0v) is 11.0. The lowest BCUT2D eigenvalue weighted by atomic mass is 10.0. The fourth-order valence-corrected chi connectivity index (χ4v) is 2.56. The second-order valence-corrected chi connectivity index (χ2v) is 4.82. The number of hydrogen-bond donors (Lipinski definition) is 1. The van der Waals surface area contributed by atoms with Gasteiger partial charge in [0, 0.05) is 37.6 Å². The van der Waals surface area contributed by atoms with Crippen LogP contribution in [0.4, 0.5) is 0 Å². The Kier molecular flexibility index (Phi) is 3.32. The van der Waals surface area contributed by atoms with Crippen LogP contribution in [0, 0.1) is 11.3 Å². The topological polar surface area (TPSA) is 70.7 Å². The SMILES string of the molecule is N#Cc1cc2c(n(Cc3ccncc3)c1=O)CCNC2. The van der Waals surface area contributed by atoms with E-state index in [0.717, 1.165) is 29.8 Å². The van der Waals surface area contributed by atoms with Gasteiger partial charge in [0.05, 0.1) is 6.54 Å². The van der Waals surface area contributed by atoms with E-state index in [-0.39, 0.29) is 11.1 Å². The van der Waals surface area contributed by atoms with Crippen molar-refractivity contribution >= 4 is 0 Å². The minimum Gasteiger partial charge on any atom is -0.312 e. The van der Waals surface area contributed by atoms with Gasteiger partial charge < -0.3 is 9.88 Å². The summed E-state index contributed by atoms with van der Waals surface area (Å²) in [6, 6.07) is 7.49. The molecule has 0 bridgehead atoms. The molecule has 1 aliphatic heterocycles. The molecule has 0 amide bonds. The Morgan fingerprint density at radius 2 is 2.20 bits per heavy atom. The quantitative estimate of drug-likeness (QED) is 0.873. The third-order valence-electron chi connectivity index (χ3n) is 3.56. The van der Waals surface area contributed by atoms with Crippen LogP contribution in [-0.2, 0) is 19.5 Å². The van der Waals surface area contributed by atoms with E-state index in [0.29, 0.717) is 13.1 Å². The van der Waals surface area contributed by atoms with Crippen molar-refractivity contribution in [2.75, 3.05) is 6.54 Å². The molecule has 2 aromatic rings. The van der Waals surface area contributed by atoms with Crippen molar-refractivity contribution in [2.45, 2.75) is 19.5 Å². The maximum absolute atomic E-state index is 12.4. The molecule has 5 heteroatoms. The molecule has 1 aliphatic rings. The number of fused-ring (bicyclic) bond motifs is 1. The summed E-state index contributed by atoms with van der Waals surface area (Å²) in [7, 11) is 0. The molecule has 5 nitrogen and oxygen atoms in total. The molecule has 0 saturated heterocycles. The lowest BCUT2D eigenvalue weighted by Gasteiger charge is -2.22. The molecule has 0 aromatic carbocycles. The molecule has 1 N–H and O–H groups in total. The molecular formula is C15H14N4O. The van der Waals surface area contributed by atoms with Gasteiger partial charge in [0.2, 0.25) is 0 Å². The molecule has 0 fully saturated rings. The van der Waals surface area contributed by atoms with Crippen molar-refractivity contribution in [2.24, 2.45) is 0 Å². The summed E-state index contributed by atoms with van der Waals surface area (Å²) in [5.41, 5.74) is 3.09. The first-order valence-corrected chi connectivity index (χ1v) is 6.55. The molecule has 2 aromatic heterocycles. The first kappa shape index (κ1) is 12.6. The highest BCUT2D eigenvalue weighted by Gasteiger charge is 2.17. The van der Waals surface area contributed by atoms with Gasteiger partial charge in [0.25, 0.3) is 5.56 Å². The maximum Gasteiger partial charge on any atom is 0.268 e. The van der Waals surface area contributed by atoms with Gasteiger partial charge in [0.15, 0.2) is 0 Å². The fraction of sp³-hybridized carbons (Fsp3) is 0.267. The van der Waals surface area contributed by atoms with E-state index in [9.17, 15) is 4.79 Å². The molecule has 0 radical (unpaired) electrons. The standard InChI is InChI=1S/C15H14N4O/c16-8-12-7-13-9-18-6-3-14(13)19(15(12)20)10-11-1-4-17-5-2-11/h1-2,4-5,7,18H,3,6,9-10H2. The molecule has 3 heterocycles. The normalized spacial score (nSPS) is 13.6. The van der Waals surface area contributed by atoms with E-state index in [1.165, 1.54) is 0 Å². The van der Waals surface area contributed by atoms with E-state index in [4.69, 9.17) is 5.26 Å². The Hall–Kier alpha value is -2.45. The summed E-state index contributed by atoms with van der Waals surface area (Å²) >= 11 is 0. The van der Waals surface area contributed by atoms with Gasteiger partial charge in [-0.15, -0.1) is 0 Å². The second-order valence-electron chi connectivity index (χ2n) is 4.82. The van der Waals surface area contributed by atoms with Gasteiger partial charge in [-0.1, -0.05) is 0 Å². The van der Waals surface area contributed by atoms with Crippen molar-refractivity contribution in [3.05, 3.63) is 63.3 Å². The zero-order valence-electron chi connectivity index (χ0n) is 11.0. The Balaban J connectivity index is 2.13. The van der Waals surface area contributed by atoms with Crippen LogP contribution in [0.3, 0.4) is 0 Å². The summed E-state index contributed by atoms with van der Waals surface area (Å²) in [4.78, 5) is 16.4. The van der Waals surface area contributed by atoms with Crippen molar-refractivity contribution < 1.29 is 0 Å². The zero-order chi connectivity index (χ0) is 13.9. The molecule has 20 heavy (non-hydrogen) atoms. The van der Waals surface area contributed by atoms with Crippen molar-refractivity contribution in [3.8, 4) is 6.07 Å². The van der Waals surface area contributed by atoms with Gasteiger partial charge in [-0.2, -0.15) is 5.26 Å². The van der Waals surface area contributed by atoms with Crippen molar-refractivity contribution in [1.82, 2.24) is 14.9 Å². The van der Waals surface area contributed by atoms with Gasteiger partial charge in [-0.05, 0) is 29.3 Å². The number of aromatic nitrogens is 2. The van der Waals surface area contributed by atoms with Crippen LogP contribution >= 0.6 is 0 Å². The predicted octanol–water partition coefficient (Wildman–Crippen LogP) is 0.809. The Bertz CT molecular complexity index is 728. The van der Waals surface area contributed by atoms with Gasteiger partial charge in [-0.25, -0.2) is 0 Å². The Morgan fingerprint density at radius 3 is 2.95 bits per heavy atom. The van der Waals surface area contributed by atoms with Crippen molar-refractivity contribution in [1.29, 1.82) is 5.26 Å². The minimum absolute atomic E-state index is 0.204. The number of pyridine rings is 2. The molecule has 100 valence electrons. The van der Waals surface area contributed by atoms with Gasteiger partial charge in [-0.3, -0.25) is 9.78 Å². The van der Waals surface area contributed by atoms with E-state index >= 15 is 0 Å². The molecular weight excluding hydrogens is 252 g/mol. The van der Waals surface area contributed by atoms with Crippen LogP contribution in [0.2, 0.25) is 0 Å². The largest absolute Gasteiger partial charge is 0.312 e. The number of nitrogens with zero attached hydrogens (tertiary/aromatic N) is 3. The summed E-state index contributed by atoms with van der Waals surface area (Å²) in [6.45, 7) is 2.05. The second kappa shape index (κ2) is 5.27. The van der Waals surface area contributed by atoms with Crippen LogP contribution in [0.25, 0.3) is 0 Å². The van der Waals surface area contributed by atoms with Crippen LogP contribution < -0.4 is 10.9 Å². The molecule has 0 spiro atoms. The highest BCUT2D eigenvalue weighted by atomic mass is 16.1. The number of nitrogens with one attached hydrogen (secondary N) is 1. The summed E-state index contributed by atoms with van der Waals surface area (Å²) in [6.07, 6.45) is 4.23. The number of hydrogen-bond acceptors (Lipinski definition) is 4. The van der Waals surface area contributed by atoms with Gasteiger partial charge >= 0.3 is 0 Å². The fourth-order valence-electron chi connectivity index (χ4n) is 2.56. The highest BCUT2D eigenvalue weighted by Crippen LogP contribution is 2.14. The van der Waals surface area contributed by atoms with Crippen molar-refractivity contribution in [3.63, 3.8) is 0 Å². The lowest BCUT2D eigenvalue weighted by Crippen LogP contribution is -2.34. The Labute approximate surface area is 116 Å². The molecule has 0 unspecified atom stereocenters. The third kappa shape index (κ3) is 2.22. The lowest BCUT2D eigenvalue weighted by molar-refractivity contribution is 0.581. The van der Waals surface area contributed by atoms with Crippen LogP contribution in [0.5, 0.6) is 0 Å². The smallest absolute Gasteiger partial charge is 0.268 e. The van der Waals surface area contributed by atoms with Crippen LogP contribution in [0.1, 0.15) is 22.4 Å². The Morgan fingerprint density at radius 1 is 1.40 bits per heavy atom. The minimum atomic E-state index is -0.204. The van der Waals surface area contributed by atoms with E-state index < -0.39 is 0 Å². The van der Waals surface area contributed by atoms with E-state index in [1.807, 2.05) is 18.2 Å². The summed E-state index contributed by atoms with van der Waals surface area (Å²) in [5.74, 6) is 0. The summed E-state index contributed by atoms with van der Waals surface area (Å²) in [5, 5.41) is 12.4. The third-order valence-corrected chi connectivity index (χ3v) is 3.56. The molecule has 0 saturated carbocycles. The molecule has 3 rings (SSSR count). The summed E-state index contributed by atoms with van der Waals surface area (Å²) < 4.78 is 1.73.